The molecule has 1 aromatic heterocycles. The van der Waals surface area contributed by atoms with Crippen molar-refractivity contribution >= 4 is 61.9 Å². The molecule has 0 saturated carbocycles. The number of hydrogen-bond acceptors (Lipinski definition) is 6. The van der Waals surface area contributed by atoms with E-state index in [-0.39, 0.29) is 10.7 Å². The second-order valence-corrected chi connectivity index (χ2v) is 7.45. The molecule has 1 aliphatic heterocycles. The molecule has 2 aromatic rings. The molecule has 0 radical (unpaired) electrons. The highest BCUT2D eigenvalue weighted by molar-refractivity contribution is 7.90. The number of anilines is 1. The molecule has 2 N–H and O–H groups in total. The molecule has 1 fully saturated rings. The average Bonchev–Trinajstić information content (AvgIpc) is 2.94. The van der Waals surface area contributed by atoms with Crippen LogP contribution in [0.1, 0.15) is 0 Å². The van der Waals surface area contributed by atoms with Crippen LogP contribution >= 0.6 is 34.9 Å². The van der Waals surface area contributed by atoms with Crippen LogP contribution < -0.4 is 10.0 Å². The van der Waals surface area contributed by atoms with Crippen LogP contribution in [0.2, 0.25) is 10.0 Å². The minimum atomic E-state index is -3.69. The number of hydrogen-bond donors (Lipinski definition) is 2. The second kappa shape index (κ2) is 5.82. The molecule has 114 valence electrons. The number of aromatic nitrogens is 2. The standard InChI is InChI=1S/C10H11Cl2N5O2S2/c11-6-5-7(12)9(10-8(6)14-20-15-10)16-21(18,19)17-3-1-13-2-4-17/h5,13,16H,1-4H2. The Kier molecular flexibility index (Phi) is 4.21. The van der Waals surface area contributed by atoms with Crippen molar-refractivity contribution in [3.8, 4) is 0 Å². The van der Waals surface area contributed by atoms with Gasteiger partial charge in [0.05, 0.1) is 27.5 Å². The van der Waals surface area contributed by atoms with Gasteiger partial charge in [-0.3, -0.25) is 4.72 Å². The lowest BCUT2D eigenvalue weighted by Gasteiger charge is -2.27. The van der Waals surface area contributed by atoms with E-state index in [1.165, 1.54) is 10.4 Å². The predicted octanol–water partition coefficient (Wildman–Crippen LogP) is 1.56. The van der Waals surface area contributed by atoms with Gasteiger partial charge < -0.3 is 5.32 Å². The number of nitrogens with one attached hydrogen (secondary N) is 2. The van der Waals surface area contributed by atoms with Crippen LogP contribution in [0.25, 0.3) is 11.0 Å². The molecule has 0 bridgehead atoms. The molecule has 7 nitrogen and oxygen atoms in total. The van der Waals surface area contributed by atoms with E-state index in [0.717, 1.165) is 11.7 Å². The van der Waals surface area contributed by atoms with E-state index in [9.17, 15) is 8.42 Å². The number of piperazine rings is 1. The fourth-order valence-corrected chi connectivity index (χ4v) is 4.52. The highest BCUT2D eigenvalue weighted by atomic mass is 35.5. The summed E-state index contributed by atoms with van der Waals surface area (Å²) in [6.45, 7) is 2.03. The van der Waals surface area contributed by atoms with Gasteiger partial charge in [0, 0.05) is 26.2 Å². The van der Waals surface area contributed by atoms with Crippen LogP contribution in [-0.4, -0.2) is 47.6 Å². The Bertz CT molecular complexity index is 773. The Morgan fingerprint density at radius 2 is 1.86 bits per heavy atom. The van der Waals surface area contributed by atoms with Crippen LogP contribution in [0.3, 0.4) is 0 Å². The quantitative estimate of drug-likeness (QED) is 0.859. The number of benzene rings is 1. The minimum absolute atomic E-state index is 0.193. The molecule has 0 amide bonds. The van der Waals surface area contributed by atoms with Gasteiger partial charge in [0.1, 0.15) is 11.0 Å². The summed E-state index contributed by atoms with van der Waals surface area (Å²) in [4.78, 5) is 0. The summed E-state index contributed by atoms with van der Waals surface area (Å²) in [7, 11) is -3.69. The first kappa shape index (κ1) is 15.2. The van der Waals surface area contributed by atoms with Crippen LogP contribution in [0.15, 0.2) is 6.07 Å². The molecule has 3 rings (SSSR count). The van der Waals surface area contributed by atoms with Crippen LogP contribution in [-0.2, 0) is 10.2 Å². The lowest BCUT2D eigenvalue weighted by molar-refractivity contribution is 0.362. The molecule has 0 unspecified atom stereocenters. The molecule has 0 atom stereocenters. The zero-order valence-electron chi connectivity index (χ0n) is 10.6. The molecule has 21 heavy (non-hydrogen) atoms. The van der Waals surface area contributed by atoms with Crippen molar-refractivity contribution in [1.29, 1.82) is 0 Å². The van der Waals surface area contributed by atoms with E-state index in [4.69, 9.17) is 23.2 Å². The maximum atomic E-state index is 12.4. The SMILES string of the molecule is O=S(=O)(Nc1c(Cl)cc(Cl)c2nsnc12)N1CCNCC1. The van der Waals surface area contributed by atoms with Gasteiger partial charge in [-0.05, 0) is 6.07 Å². The van der Waals surface area contributed by atoms with Gasteiger partial charge in [0.25, 0.3) is 0 Å². The van der Waals surface area contributed by atoms with Crippen LogP contribution in [0, 0.1) is 0 Å². The topological polar surface area (TPSA) is 87.2 Å². The van der Waals surface area contributed by atoms with Gasteiger partial charge in [0.2, 0.25) is 0 Å². The molecule has 1 aromatic carbocycles. The van der Waals surface area contributed by atoms with E-state index >= 15 is 0 Å². The lowest BCUT2D eigenvalue weighted by Crippen LogP contribution is -2.48. The van der Waals surface area contributed by atoms with Crippen molar-refractivity contribution in [2.24, 2.45) is 0 Å². The summed E-state index contributed by atoms with van der Waals surface area (Å²) in [5, 5.41) is 3.63. The summed E-state index contributed by atoms with van der Waals surface area (Å²) < 4.78 is 36.8. The van der Waals surface area contributed by atoms with Gasteiger partial charge in [-0.1, -0.05) is 23.2 Å². The van der Waals surface area contributed by atoms with E-state index in [1.807, 2.05) is 0 Å². The third-order valence-corrected chi connectivity index (χ3v) is 5.71. The fraction of sp³-hybridized carbons (Fsp3) is 0.400. The third-order valence-electron chi connectivity index (χ3n) is 3.09. The van der Waals surface area contributed by atoms with E-state index in [2.05, 4.69) is 18.8 Å². The van der Waals surface area contributed by atoms with Crippen molar-refractivity contribution < 1.29 is 8.42 Å². The Morgan fingerprint density at radius 3 is 2.57 bits per heavy atom. The number of halogens is 2. The second-order valence-electron chi connectivity index (χ2n) is 4.43. The summed E-state index contributed by atoms with van der Waals surface area (Å²) in [6, 6.07) is 1.46. The molecule has 2 heterocycles. The largest absolute Gasteiger partial charge is 0.314 e. The van der Waals surface area contributed by atoms with Crippen molar-refractivity contribution in [3.63, 3.8) is 0 Å². The monoisotopic (exact) mass is 367 g/mol. The zero-order valence-corrected chi connectivity index (χ0v) is 13.8. The fourth-order valence-electron chi connectivity index (χ4n) is 2.05. The lowest BCUT2D eigenvalue weighted by atomic mass is 10.3. The molecule has 1 aliphatic rings. The molecular weight excluding hydrogens is 357 g/mol. The smallest absolute Gasteiger partial charge is 0.301 e. The van der Waals surface area contributed by atoms with Gasteiger partial charge >= 0.3 is 10.2 Å². The maximum absolute atomic E-state index is 12.4. The first-order valence-corrected chi connectivity index (χ1v) is 9.00. The summed E-state index contributed by atoms with van der Waals surface area (Å²) in [5.74, 6) is 0. The number of rotatable bonds is 3. The number of nitrogens with zero attached hydrogens (tertiary/aromatic N) is 3. The predicted molar refractivity (Wildman–Crippen MR) is 84.4 cm³/mol. The Morgan fingerprint density at radius 1 is 1.19 bits per heavy atom. The molecule has 0 spiro atoms. The third kappa shape index (κ3) is 2.94. The summed E-state index contributed by atoms with van der Waals surface area (Å²) >= 11 is 13.1. The zero-order chi connectivity index (χ0) is 15.0. The van der Waals surface area contributed by atoms with Crippen molar-refractivity contribution in [2.45, 2.75) is 0 Å². The van der Waals surface area contributed by atoms with Crippen LogP contribution in [0.5, 0.6) is 0 Å². The van der Waals surface area contributed by atoms with Gasteiger partial charge in [-0.2, -0.15) is 21.5 Å². The number of fused-ring (bicyclic) bond motifs is 1. The first-order chi connectivity index (χ1) is 9.99. The van der Waals surface area contributed by atoms with Crippen molar-refractivity contribution in [3.05, 3.63) is 16.1 Å². The van der Waals surface area contributed by atoms with Gasteiger partial charge in [0.15, 0.2) is 0 Å². The van der Waals surface area contributed by atoms with Gasteiger partial charge in [-0.15, -0.1) is 0 Å². The molecule has 11 heteroatoms. The van der Waals surface area contributed by atoms with Crippen LogP contribution in [0.4, 0.5) is 5.69 Å². The average molecular weight is 368 g/mol. The van der Waals surface area contributed by atoms with E-state index < -0.39 is 10.2 Å². The normalized spacial score (nSPS) is 17.2. The summed E-state index contributed by atoms with van der Waals surface area (Å²) in [5.41, 5.74) is 1.00. The molecule has 1 saturated heterocycles. The Labute approximate surface area is 135 Å². The molecular formula is C10H11Cl2N5O2S2. The molecule has 0 aliphatic carbocycles. The van der Waals surface area contributed by atoms with Crippen molar-refractivity contribution in [1.82, 2.24) is 18.4 Å². The first-order valence-electron chi connectivity index (χ1n) is 6.08. The highest BCUT2D eigenvalue weighted by Crippen LogP contribution is 2.35. The Hall–Kier alpha value is -0.710. The van der Waals surface area contributed by atoms with Crippen molar-refractivity contribution in [2.75, 3.05) is 30.9 Å². The van der Waals surface area contributed by atoms with E-state index in [0.29, 0.717) is 42.2 Å². The maximum Gasteiger partial charge on any atom is 0.301 e. The van der Waals surface area contributed by atoms with Gasteiger partial charge in [-0.25, -0.2) is 0 Å². The van der Waals surface area contributed by atoms with E-state index in [1.54, 1.807) is 0 Å². The Balaban J connectivity index is 1.99. The summed E-state index contributed by atoms with van der Waals surface area (Å²) in [6.07, 6.45) is 0. The minimum Gasteiger partial charge on any atom is -0.314 e. The highest BCUT2D eigenvalue weighted by Gasteiger charge is 2.26.